The van der Waals surface area contributed by atoms with Gasteiger partial charge >= 0.3 is 5.97 Å². The van der Waals surface area contributed by atoms with Gasteiger partial charge in [-0.2, -0.15) is 0 Å². The van der Waals surface area contributed by atoms with Gasteiger partial charge in [-0.15, -0.1) is 0 Å². The van der Waals surface area contributed by atoms with Crippen LogP contribution in [0.25, 0.3) is 0 Å². The maximum atomic E-state index is 13.1. The van der Waals surface area contributed by atoms with Crippen LogP contribution in [0.5, 0.6) is 5.75 Å². The Morgan fingerprint density at radius 3 is 2.87 bits per heavy atom. The third kappa shape index (κ3) is 1.79. The van der Waals surface area contributed by atoms with Crippen molar-refractivity contribution in [2.45, 2.75) is 12.3 Å². The van der Waals surface area contributed by atoms with Crippen molar-refractivity contribution in [2.24, 2.45) is 5.92 Å². The lowest BCUT2D eigenvalue weighted by molar-refractivity contribution is -0.138. The molecule has 0 radical (unpaired) electrons. The molecule has 0 amide bonds. The Balaban J connectivity index is 2.21. The van der Waals surface area contributed by atoms with Gasteiger partial charge in [0.25, 0.3) is 0 Å². The van der Waals surface area contributed by atoms with Gasteiger partial charge in [0.1, 0.15) is 0 Å². The van der Waals surface area contributed by atoms with E-state index in [0.29, 0.717) is 6.42 Å². The quantitative estimate of drug-likeness (QED) is 0.830. The van der Waals surface area contributed by atoms with E-state index in [4.69, 9.17) is 9.84 Å². The molecule has 2 rings (SSSR count). The zero-order valence-electron chi connectivity index (χ0n) is 8.24. The molecule has 1 saturated carbocycles. The fraction of sp³-hybridized carbons (Fsp3) is 0.364. The Morgan fingerprint density at radius 1 is 1.60 bits per heavy atom. The minimum Gasteiger partial charge on any atom is -0.494 e. The summed E-state index contributed by atoms with van der Waals surface area (Å²) in [6.07, 6.45) is 0.629. The molecule has 0 aliphatic heterocycles. The van der Waals surface area contributed by atoms with Crippen LogP contribution in [0.15, 0.2) is 18.2 Å². The molecule has 1 aliphatic rings. The van der Waals surface area contributed by atoms with Gasteiger partial charge in [-0.25, -0.2) is 4.39 Å². The van der Waals surface area contributed by atoms with E-state index in [2.05, 4.69) is 0 Å². The van der Waals surface area contributed by atoms with E-state index < -0.39 is 11.8 Å². The van der Waals surface area contributed by atoms with Crippen molar-refractivity contribution >= 4 is 5.97 Å². The van der Waals surface area contributed by atoms with Crippen LogP contribution < -0.4 is 4.74 Å². The first-order valence-corrected chi connectivity index (χ1v) is 4.69. The molecule has 80 valence electrons. The second kappa shape index (κ2) is 3.53. The van der Waals surface area contributed by atoms with Crippen molar-refractivity contribution in [1.82, 2.24) is 0 Å². The number of benzene rings is 1. The van der Waals surface area contributed by atoms with Gasteiger partial charge in [-0.05, 0) is 30.0 Å². The van der Waals surface area contributed by atoms with E-state index in [-0.39, 0.29) is 17.6 Å². The van der Waals surface area contributed by atoms with E-state index in [0.717, 1.165) is 5.56 Å². The summed E-state index contributed by atoms with van der Waals surface area (Å²) in [4.78, 5) is 10.7. The number of halogens is 1. The average Bonchev–Trinajstić information content (AvgIpc) is 2.98. The molecule has 3 nitrogen and oxygen atoms in total. The largest absolute Gasteiger partial charge is 0.494 e. The van der Waals surface area contributed by atoms with E-state index in [1.165, 1.54) is 13.2 Å². The highest BCUT2D eigenvalue weighted by atomic mass is 19.1. The minimum absolute atomic E-state index is 0.0111. The van der Waals surface area contributed by atoms with Crippen molar-refractivity contribution in [2.75, 3.05) is 7.11 Å². The number of hydrogen-bond acceptors (Lipinski definition) is 2. The topological polar surface area (TPSA) is 46.5 Å². The molecule has 0 aromatic heterocycles. The molecule has 15 heavy (non-hydrogen) atoms. The van der Waals surface area contributed by atoms with Crippen LogP contribution in [0.3, 0.4) is 0 Å². The summed E-state index contributed by atoms with van der Waals surface area (Å²) in [6.45, 7) is 0. The van der Waals surface area contributed by atoms with E-state index in [9.17, 15) is 9.18 Å². The molecule has 0 bridgehead atoms. The van der Waals surface area contributed by atoms with Crippen LogP contribution in [0.2, 0.25) is 0 Å². The fourth-order valence-electron chi connectivity index (χ4n) is 1.74. The van der Waals surface area contributed by atoms with Crippen LogP contribution in [0.1, 0.15) is 17.9 Å². The number of carboxylic acid groups (broad SMARTS) is 1. The minimum atomic E-state index is -0.789. The van der Waals surface area contributed by atoms with Gasteiger partial charge in [0.15, 0.2) is 11.6 Å². The number of hydrogen-bond donors (Lipinski definition) is 1. The highest BCUT2D eigenvalue weighted by Gasteiger charge is 2.44. The van der Waals surface area contributed by atoms with Gasteiger partial charge in [-0.1, -0.05) is 6.07 Å². The van der Waals surface area contributed by atoms with Gasteiger partial charge in [-0.3, -0.25) is 4.79 Å². The zero-order valence-corrected chi connectivity index (χ0v) is 8.24. The summed E-state index contributed by atoms with van der Waals surface area (Å²) >= 11 is 0. The summed E-state index contributed by atoms with van der Waals surface area (Å²) in [6, 6.07) is 4.50. The first kappa shape index (κ1) is 9.96. The molecule has 1 fully saturated rings. The number of ether oxygens (including phenoxy) is 1. The molecule has 2 unspecified atom stereocenters. The molecule has 1 aromatic carbocycles. The smallest absolute Gasteiger partial charge is 0.307 e. The Labute approximate surface area is 86.5 Å². The summed E-state index contributed by atoms with van der Waals surface area (Å²) in [7, 11) is 1.39. The molecule has 1 aromatic rings. The maximum Gasteiger partial charge on any atom is 0.307 e. The first-order chi connectivity index (χ1) is 7.13. The molecule has 0 saturated heterocycles. The Morgan fingerprint density at radius 2 is 2.33 bits per heavy atom. The van der Waals surface area contributed by atoms with Crippen molar-refractivity contribution in [1.29, 1.82) is 0 Å². The second-order valence-corrected chi connectivity index (χ2v) is 3.68. The van der Waals surface area contributed by atoms with Crippen molar-refractivity contribution < 1.29 is 19.0 Å². The van der Waals surface area contributed by atoms with Crippen molar-refractivity contribution in [3.05, 3.63) is 29.6 Å². The summed E-state index contributed by atoms with van der Waals surface area (Å²) in [5, 5.41) is 8.76. The molecular weight excluding hydrogens is 199 g/mol. The van der Waals surface area contributed by atoms with Crippen LogP contribution in [0.4, 0.5) is 4.39 Å². The molecule has 0 spiro atoms. The Kier molecular flexibility index (Phi) is 2.34. The maximum absolute atomic E-state index is 13.1. The number of aliphatic carboxylic acids is 1. The predicted molar refractivity (Wildman–Crippen MR) is 51.4 cm³/mol. The van der Waals surface area contributed by atoms with Crippen LogP contribution >= 0.6 is 0 Å². The molecule has 1 aliphatic carbocycles. The lowest BCUT2D eigenvalue weighted by Gasteiger charge is -2.04. The summed E-state index contributed by atoms with van der Waals surface area (Å²) < 4.78 is 17.9. The number of carbonyl (C=O) groups is 1. The lowest BCUT2D eigenvalue weighted by Crippen LogP contribution is -1.99. The number of carboxylic acids is 1. The van der Waals surface area contributed by atoms with Gasteiger partial charge in [0.2, 0.25) is 0 Å². The van der Waals surface area contributed by atoms with Gasteiger partial charge < -0.3 is 9.84 Å². The Hall–Kier alpha value is -1.58. The van der Waals surface area contributed by atoms with E-state index in [1.54, 1.807) is 12.1 Å². The second-order valence-electron chi connectivity index (χ2n) is 3.68. The average molecular weight is 210 g/mol. The van der Waals surface area contributed by atoms with Crippen molar-refractivity contribution in [3.8, 4) is 5.75 Å². The normalized spacial score (nSPS) is 23.6. The number of rotatable bonds is 3. The van der Waals surface area contributed by atoms with Crippen LogP contribution in [-0.2, 0) is 4.79 Å². The first-order valence-electron chi connectivity index (χ1n) is 4.69. The monoisotopic (exact) mass is 210 g/mol. The number of methoxy groups -OCH3 is 1. The third-order valence-corrected chi connectivity index (χ3v) is 2.71. The SMILES string of the molecule is COc1cc(C2CC2C(=O)O)ccc1F. The third-order valence-electron chi connectivity index (χ3n) is 2.71. The van der Waals surface area contributed by atoms with Crippen molar-refractivity contribution in [3.63, 3.8) is 0 Å². The highest BCUT2D eigenvalue weighted by Crippen LogP contribution is 2.48. The molecule has 2 atom stereocenters. The Bertz CT molecular complexity index is 403. The molecule has 0 heterocycles. The summed E-state index contributed by atoms with van der Waals surface area (Å²) in [5.41, 5.74) is 0.834. The van der Waals surface area contributed by atoms with Gasteiger partial charge in [0, 0.05) is 0 Å². The lowest BCUT2D eigenvalue weighted by atomic mass is 10.1. The summed E-state index contributed by atoms with van der Waals surface area (Å²) in [5.74, 6) is -1.35. The predicted octanol–water partition coefficient (Wildman–Crippen LogP) is 2.02. The molecule has 4 heteroatoms. The van der Waals surface area contributed by atoms with E-state index in [1.807, 2.05) is 0 Å². The van der Waals surface area contributed by atoms with Crippen LogP contribution in [0, 0.1) is 11.7 Å². The zero-order chi connectivity index (χ0) is 11.0. The highest BCUT2D eigenvalue weighted by molar-refractivity contribution is 5.75. The van der Waals surface area contributed by atoms with Crippen LogP contribution in [-0.4, -0.2) is 18.2 Å². The molecular formula is C11H11FO3. The fourth-order valence-corrected chi connectivity index (χ4v) is 1.74. The molecule has 1 N–H and O–H groups in total. The standard InChI is InChI=1S/C11H11FO3/c1-15-10-4-6(2-3-9(10)12)7-5-8(7)11(13)14/h2-4,7-8H,5H2,1H3,(H,13,14). The van der Waals surface area contributed by atoms with E-state index >= 15 is 0 Å². The van der Waals surface area contributed by atoms with Gasteiger partial charge in [0.05, 0.1) is 13.0 Å².